The number of benzene rings is 1. The van der Waals surface area contributed by atoms with E-state index in [1.807, 2.05) is 26.0 Å². The maximum atomic E-state index is 12.1. The van der Waals surface area contributed by atoms with Crippen molar-refractivity contribution >= 4 is 15.5 Å². The summed E-state index contributed by atoms with van der Waals surface area (Å²) in [5.41, 5.74) is 7.67. The van der Waals surface area contributed by atoms with Crippen LogP contribution in [0.15, 0.2) is 23.1 Å². The van der Waals surface area contributed by atoms with E-state index in [9.17, 15) is 8.42 Å². The van der Waals surface area contributed by atoms with Gasteiger partial charge >= 0.3 is 0 Å². The van der Waals surface area contributed by atoms with E-state index in [1.165, 1.54) is 0 Å². The summed E-state index contributed by atoms with van der Waals surface area (Å²) < 4.78 is 24.3. The van der Waals surface area contributed by atoms with E-state index in [1.54, 1.807) is 6.07 Å². The lowest BCUT2D eigenvalue weighted by Crippen LogP contribution is -2.45. The van der Waals surface area contributed by atoms with Crippen molar-refractivity contribution in [3.05, 3.63) is 23.8 Å². The molecule has 1 atom stereocenters. The predicted octanol–water partition coefficient (Wildman–Crippen LogP) is 1.19. The zero-order valence-corrected chi connectivity index (χ0v) is 11.7. The van der Waals surface area contributed by atoms with Crippen LogP contribution in [0, 0.1) is 0 Å². The number of fused-ring (bicyclic) bond motifs is 1. The van der Waals surface area contributed by atoms with Crippen molar-refractivity contribution in [1.82, 2.24) is 0 Å². The molecule has 18 heavy (non-hydrogen) atoms. The number of hydrogen-bond donors (Lipinski definition) is 1. The molecule has 0 radical (unpaired) electrons. The van der Waals surface area contributed by atoms with Gasteiger partial charge in [0.25, 0.3) is 0 Å². The van der Waals surface area contributed by atoms with Crippen LogP contribution in [0.1, 0.15) is 19.4 Å². The summed E-state index contributed by atoms with van der Waals surface area (Å²) in [7, 11) is -3.13. The van der Waals surface area contributed by atoms with Gasteiger partial charge in [0, 0.05) is 19.1 Å². The van der Waals surface area contributed by atoms with Crippen molar-refractivity contribution in [1.29, 1.82) is 0 Å². The van der Waals surface area contributed by atoms with E-state index in [0.717, 1.165) is 17.7 Å². The number of rotatable bonds is 3. The highest BCUT2D eigenvalue weighted by Crippen LogP contribution is 2.35. The summed E-state index contributed by atoms with van der Waals surface area (Å²) in [5, 5.41) is 0. The number of nitrogens with two attached hydrogens (primary N) is 1. The Kier molecular flexibility index (Phi) is 3.64. The van der Waals surface area contributed by atoms with Gasteiger partial charge in [0.2, 0.25) is 0 Å². The average Bonchev–Trinajstić information content (AvgIpc) is 2.37. The molecule has 2 N–H and O–H groups in total. The molecule has 0 aromatic heterocycles. The Morgan fingerprint density at radius 2 is 2.17 bits per heavy atom. The summed E-state index contributed by atoms with van der Waals surface area (Å²) in [6.07, 6.45) is 0.826. The van der Waals surface area contributed by atoms with Gasteiger partial charge in [0.15, 0.2) is 9.84 Å². The average molecular weight is 268 g/mol. The fourth-order valence-electron chi connectivity index (χ4n) is 2.44. The zero-order valence-electron chi connectivity index (χ0n) is 10.9. The van der Waals surface area contributed by atoms with E-state index in [2.05, 4.69) is 4.90 Å². The quantitative estimate of drug-likeness (QED) is 0.894. The van der Waals surface area contributed by atoms with Gasteiger partial charge in [-0.15, -0.1) is 0 Å². The van der Waals surface area contributed by atoms with E-state index in [0.29, 0.717) is 18.0 Å². The lowest BCUT2D eigenvalue weighted by molar-refractivity contribution is 0.578. The number of nitrogens with zero attached hydrogens (tertiary/aromatic N) is 1. The minimum atomic E-state index is -3.13. The molecule has 1 aromatic rings. The molecular formula is C13H20N2O2S. The molecule has 0 fully saturated rings. The highest BCUT2D eigenvalue weighted by atomic mass is 32.2. The Balaban J connectivity index is 2.63. The van der Waals surface area contributed by atoms with E-state index >= 15 is 0 Å². The fourth-order valence-corrected chi connectivity index (χ4v) is 3.92. The standard InChI is InChI=1S/C13H20N2O2S/c1-3-11-5-4-6-12-13(11)15(10(2)9-14)7-8-18(12,16)17/h4-6,10H,3,7-9,14H2,1-2H3. The molecule has 0 amide bonds. The van der Waals surface area contributed by atoms with Gasteiger partial charge in [0.1, 0.15) is 0 Å². The van der Waals surface area contributed by atoms with Crippen LogP contribution in [0.5, 0.6) is 0 Å². The van der Waals surface area contributed by atoms with E-state index < -0.39 is 9.84 Å². The Bertz CT molecular complexity index is 540. The number of para-hydroxylation sites is 1. The minimum absolute atomic E-state index is 0.159. The number of hydrogen-bond acceptors (Lipinski definition) is 4. The van der Waals surface area contributed by atoms with Gasteiger partial charge in [-0.2, -0.15) is 0 Å². The van der Waals surface area contributed by atoms with Gasteiger partial charge < -0.3 is 10.6 Å². The van der Waals surface area contributed by atoms with Gasteiger partial charge in [0.05, 0.1) is 16.3 Å². The second-order valence-corrected chi connectivity index (χ2v) is 6.79. The second-order valence-electron chi connectivity index (χ2n) is 4.71. The van der Waals surface area contributed by atoms with Crippen LogP contribution in [0.3, 0.4) is 0 Å². The van der Waals surface area contributed by atoms with Crippen molar-refractivity contribution in [3.8, 4) is 0 Å². The van der Waals surface area contributed by atoms with Crippen LogP contribution in [0.25, 0.3) is 0 Å². The maximum Gasteiger partial charge on any atom is 0.182 e. The second kappa shape index (κ2) is 4.90. The SMILES string of the molecule is CCc1cccc2c1N(C(C)CN)CCS2(=O)=O. The highest BCUT2D eigenvalue weighted by molar-refractivity contribution is 7.91. The van der Waals surface area contributed by atoms with Crippen LogP contribution in [0.2, 0.25) is 0 Å². The van der Waals surface area contributed by atoms with Gasteiger partial charge in [-0.25, -0.2) is 8.42 Å². The first-order chi connectivity index (χ1) is 8.51. The molecule has 100 valence electrons. The fraction of sp³-hybridized carbons (Fsp3) is 0.538. The maximum absolute atomic E-state index is 12.1. The first kappa shape index (κ1) is 13.4. The molecule has 1 aromatic carbocycles. The van der Waals surface area contributed by atoms with E-state index in [4.69, 9.17) is 5.73 Å². The van der Waals surface area contributed by atoms with Crippen LogP contribution in [0.4, 0.5) is 5.69 Å². The summed E-state index contributed by atoms with van der Waals surface area (Å²) in [6.45, 7) is 5.14. The molecule has 1 aliphatic rings. The molecule has 0 aliphatic carbocycles. The lowest BCUT2D eigenvalue weighted by Gasteiger charge is -2.37. The van der Waals surface area contributed by atoms with Crippen LogP contribution < -0.4 is 10.6 Å². The van der Waals surface area contributed by atoms with Crippen molar-refractivity contribution in [2.45, 2.75) is 31.2 Å². The Morgan fingerprint density at radius 3 is 2.78 bits per heavy atom. The lowest BCUT2D eigenvalue weighted by atomic mass is 10.1. The topological polar surface area (TPSA) is 63.4 Å². The highest BCUT2D eigenvalue weighted by Gasteiger charge is 2.31. The first-order valence-electron chi connectivity index (χ1n) is 6.32. The number of aryl methyl sites for hydroxylation is 1. The first-order valence-corrected chi connectivity index (χ1v) is 7.97. The van der Waals surface area contributed by atoms with Crippen molar-refractivity contribution in [3.63, 3.8) is 0 Å². The van der Waals surface area contributed by atoms with Crippen molar-refractivity contribution in [2.75, 3.05) is 23.7 Å². The molecule has 0 saturated heterocycles. The van der Waals surface area contributed by atoms with E-state index in [-0.39, 0.29) is 11.8 Å². The molecule has 1 unspecified atom stereocenters. The molecule has 4 nitrogen and oxygen atoms in total. The molecule has 0 bridgehead atoms. The summed E-state index contributed by atoms with van der Waals surface area (Å²) in [6, 6.07) is 5.69. The third kappa shape index (κ3) is 2.12. The Morgan fingerprint density at radius 1 is 1.44 bits per heavy atom. The molecule has 0 spiro atoms. The van der Waals surface area contributed by atoms with Crippen LogP contribution in [-0.2, 0) is 16.3 Å². The minimum Gasteiger partial charge on any atom is -0.365 e. The predicted molar refractivity (Wildman–Crippen MR) is 73.7 cm³/mol. The molecular weight excluding hydrogens is 248 g/mol. The number of anilines is 1. The van der Waals surface area contributed by atoms with Gasteiger partial charge in [-0.1, -0.05) is 19.1 Å². The Hall–Kier alpha value is -1.07. The summed E-state index contributed by atoms with van der Waals surface area (Å²) in [4.78, 5) is 2.60. The van der Waals surface area contributed by atoms with Crippen molar-refractivity contribution < 1.29 is 8.42 Å². The third-order valence-corrected chi connectivity index (χ3v) is 5.28. The van der Waals surface area contributed by atoms with Crippen molar-refractivity contribution in [2.24, 2.45) is 5.73 Å². The van der Waals surface area contributed by atoms with Gasteiger partial charge in [-0.05, 0) is 25.0 Å². The molecule has 5 heteroatoms. The Labute approximate surface area is 109 Å². The third-order valence-electron chi connectivity index (χ3n) is 3.56. The zero-order chi connectivity index (χ0) is 13.3. The van der Waals surface area contributed by atoms with Crippen LogP contribution in [-0.4, -0.2) is 33.3 Å². The summed E-state index contributed by atoms with van der Waals surface area (Å²) >= 11 is 0. The largest absolute Gasteiger partial charge is 0.365 e. The number of sulfone groups is 1. The normalized spacial score (nSPS) is 19.4. The smallest absolute Gasteiger partial charge is 0.182 e. The molecule has 1 aliphatic heterocycles. The summed E-state index contributed by atoms with van der Waals surface area (Å²) in [5.74, 6) is 0.178. The monoisotopic (exact) mass is 268 g/mol. The molecule has 1 heterocycles. The van der Waals surface area contributed by atoms with Gasteiger partial charge in [-0.3, -0.25) is 0 Å². The molecule has 2 rings (SSSR count). The molecule has 0 saturated carbocycles. The van der Waals surface area contributed by atoms with Crippen LogP contribution >= 0.6 is 0 Å².